The van der Waals surface area contributed by atoms with Gasteiger partial charge in [0, 0.05) is 5.41 Å². The van der Waals surface area contributed by atoms with Crippen LogP contribution in [0.3, 0.4) is 0 Å². The molecule has 0 saturated carbocycles. The van der Waals surface area contributed by atoms with E-state index in [1.807, 2.05) is 27.7 Å². The van der Waals surface area contributed by atoms with E-state index in [4.69, 9.17) is 0 Å². The Morgan fingerprint density at radius 2 is 1.06 bits per heavy atom. The molecule has 1 atom stereocenters. The summed E-state index contributed by atoms with van der Waals surface area (Å²) in [6.07, 6.45) is 0.961. The van der Waals surface area contributed by atoms with Gasteiger partial charge in [-0.1, -0.05) is 143 Å². The molecule has 170 valence electrons. The Hall–Kier alpha value is -3.64. The maximum absolute atomic E-state index is 2.40. The van der Waals surface area contributed by atoms with Gasteiger partial charge in [0.2, 0.25) is 0 Å². The predicted octanol–water partition coefficient (Wildman–Crippen LogP) is 9.45. The molecule has 0 nitrogen and oxygen atoms in total. The molecule has 34 heavy (non-hydrogen) atoms. The van der Waals surface area contributed by atoms with Crippen LogP contribution in [0.5, 0.6) is 0 Å². The van der Waals surface area contributed by atoms with Crippen molar-refractivity contribution < 1.29 is 0 Å². The first-order valence-corrected chi connectivity index (χ1v) is 12.6. The summed E-state index contributed by atoms with van der Waals surface area (Å²) in [6, 6.07) is 44.5. The fraction of sp³-hybridized carbons (Fsp3) is 0.176. The summed E-state index contributed by atoms with van der Waals surface area (Å²) in [5.74, 6) is 0. The topological polar surface area (TPSA) is 0 Å². The van der Waals surface area contributed by atoms with Gasteiger partial charge in [-0.3, -0.25) is 0 Å². The zero-order valence-electron chi connectivity index (χ0n) is 20.8. The Balaban J connectivity index is 0.000000652. The third-order valence-electron chi connectivity index (χ3n) is 6.66. The van der Waals surface area contributed by atoms with Crippen molar-refractivity contribution in [2.75, 3.05) is 0 Å². The van der Waals surface area contributed by atoms with Gasteiger partial charge in [-0.15, -0.1) is 0 Å². The SMILES string of the molecule is CC.CC.c1ccc(C2(c3ccc4ccccc4c3)Cc3ccccc3-c3ccccc32)cc1. The zero-order valence-corrected chi connectivity index (χ0v) is 20.8. The van der Waals surface area contributed by atoms with Crippen molar-refractivity contribution in [1.29, 1.82) is 0 Å². The van der Waals surface area contributed by atoms with Gasteiger partial charge in [0.25, 0.3) is 0 Å². The molecule has 0 aromatic heterocycles. The second-order valence-corrected chi connectivity index (χ2v) is 8.21. The van der Waals surface area contributed by atoms with E-state index in [1.54, 1.807) is 0 Å². The molecule has 0 fully saturated rings. The predicted molar refractivity (Wildman–Crippen MR) is 149 cm³/mol. The average Bonchev–Trinajstić information content (AvgIpc) is 2.95. The van der Waals surface area contributed by atoms with Gasteiger partial charge in [0.15, 0.2) is 0 Å². The maximum atomic E-state index is 2.40. The second kappa shape index (κ2) is 10.5. The lowest BCUT2D eigenvalue weighted by Gasteiger charge is -2.41. The average molecular weight is 443 g/mol. The van der Waals surface area contributed by atoms with Crippen LogP contribution in [0, 0.1) is 0 Å². The lowest BCUT2D eigenvalue weighted by Crippen LogP contribution is -2.35. The van der Waals surface area contributed by atoms with Crippen LogP contribution in [-0.4, -0.2) is 0 Å². The zero-order chi connectivity index (χ0) is 24.0. The van der Waals surface area contributed by atoms with E-state index in [1.165, 1.54) is 44.2 Å². The highest BCUT2D eigenvalue weighted by Gasteiger charge is 2.41. The van der Waals surface area contributed by atoms with Crippen LogP contribution in [0.1, 0.15) is 49.9 Å². The van der Waals surface area contributed by atoms with Crippen molar-refractivity contribution in [1.82, 2.24) is 0 Å². The van der Waals surface area contributed by atoms with Crippen LogP contribution >= 0.6 is 0 Å². The van der Waals surface area contributed by atoms with E-state index < -0.39 is 0 Å². The molecule has 0 heterocycles. The summed E-state index contributed by atoms with van der Waals surface area (Å²) in [5.41, 5.74) is 8.00. The van der Waals surface area contributed by atoms with Crippen molar-refractivity contribution >= 4 is 10.8 Å². The number of hydrogen-bond acceptors (Lipinski definition) is 0. The van der Waals surface area contributed by atoms with Crippen LogP contribution in [0.15, 0.2) is 121 Å². The molecule has 0 saturated heterocycles. The minimum absolute atomic E-state index is 0.212. The van der Waals surface area contributed by atoms with E-state index in [0.29, 0.717) is 0 Å². The molecule has 0 amide bonds. The third-order valence-corrected chi connectivity index (χ3v) is 6.66. The van der Waals surface area contributed by atoms with E-state index in [2.05, 4.69) is 121 Å². The van der Waals surface area contributed by atoms with Crippen LogP contribution in [0.2, 0.25) is 0 Å². The Morgan fingerprint density at radius 1 is 0.471 bits per heavy atom. The minimum atomic E-state index is -0.212. The standard InChI is InChI=1S/C30H22.2C2H6/c1-2-13-25(14-3-1)30(26-19-18-22-10-4-5-11-23(22)20-26)21-24-12-6-7-15-27(24)28-16-8-9-17-29(28)30;2*1-2/h1-20H,21H2;2*1-2H3. The number of benzene rings is 5. The summed E-state index contributed by atoms with van der Waals surface area (Å²) < 4.78 is 0. The molecule has 1 aliphatic carbocycles. The van der Waals surface area contributed by atoms with E-state index >= 15 is 0 Å². The van der Waals surface area contributed by atoms with Crippen LogP contribution in [0.4, 0.5) is 0 Å². The Labute approximate surface area is 204 Å². The van der Waals surface area contributed by atoms with Crippen LogP contribution in [0.25, 0.3) is 21.9 Å². The second-order valence-electron chi connectivity index (χ2n) is 8.21. The molecule has 1 unspecified atom stereocenters. The minimum Gasteiger partial charge on any atom is -0.0683 e. The molecule has 0 radical (unpaired) electrons. The molecule has 1 aliphatic rings. The van der Waals surface area contributed by atoms with Gasteiger partial charge < -0.3 is 0 Å². The molecular weight excluding hydrogens is 408 g/mol. The van der Waals surface area contributed by atoms with Crippen molar-refractivity contribution in [2.24, 2.45) is 0 Å². The number of rotatable bonds is 2. The Bertz CT molecular complexity index is 1360. The normalized spacial score (nSPS) is 15.6. The van der Waals surface area contributed by atoms with Gasteiger partial charge in [-0.05, 0) is 56.6 Å². The molecule has 5 aromatic carbocycles. The molecule has 6 rings (SSSR count). The highest BCUT2D eigenvalue weighted by atomic mass is 14.4. The number of fused-ring (bicyclic) bond motifs is 4. The van der Waals surface area contributed by atoms with E-state index in [0.717, 1.165) is 6.42 Å². The van der Waals surface area contributed by atoms with Crippen LogP contribution in [-0.2, 0) is 11.8 Å². The van der Waals surface area contributed by atoms with E-state index in [9.17, 15) is 0 Å². The monoisotopic (exact) mass is 442 g/mol. The first-order valence-electron chi connectivity index (χ1n) is 12.6. The molecule has 0 heteroatoms. The molecule has 0 bridgehead atoms. The smallest absolute Gasteiger partial charge is 0.0498 e. The van der Waals surface area contributed by atoms with Crippen molar-refractivity contribution in [2.45, 2.75) is 39.5 Å². The first kappa shape index (κ1) is 23.5. The molecule has 0 N–H and O–H groups in total. The van der Waals surface area contributed by atoms with Gasteiger partial charge in [0.1, 0.15) is 0 Å². The quantitative estimate of drug-likeness (QED) is 0.255. The van der Waals surface area contributed by atoms with E-state index in [-0.39, 0.29) is 5.41 Å². The maximum Gasteiger partial charge on any atom is 0.0498 e. The van der Waals surface area contributed by atoms with Crippen molar-refractivity contribution in [3.8, 4) is 11.1 Å². The summed E-state index contributed by atoms with van der Waals surface area (Å²) >= 11 is 0. The highest BCUT2D eigenvalue weighted by molar-refractivity contribution is 5.85. The van der Waals surface area contributed by atoms with Crippen molar-refractivity contribution in [3.05, 3.63) is 144 Å². The molecular formula is C34H34. The van der Waals surface area contributed by atoms with Gasteiger partial charge >= 0.3 is 0 Å². The fourth-order valence-corrected chi connectivity index (χ4v) is 5.27. The Kier molecular flexibility index (Phi) is 7.28. The van der Waals surface area contributed by atoms with Gasteiger partial charge in [0.05, 0.1) is 0 Å². The lowest BCUT2D eigenvalue weighted by molar-refractivity contribution is 0.607. The summed E-state index contributed by atoms with van der Waals surface area (Å²) in [5, 5.41) is 2.58. The molecule has 0 spiro atoms. The van der Waals surface area contributed by atoms with Crippen molar-refractivity contribution in [3.63, 3.8) is 0 Å². The number of hydrogen-bond donors (Lipinski definition) is 0. The van der Waals surface area contributed by atoms with Gasteiger partial charge in [-0.25, -0.2) is 0 Å². The van der Waals surface area contributed by atoms with Crippen LogP contribution < -0.4 is 0 Å². The summed E-state index contributed by atoms with van der Waals surface area (Å²) in [7, 11) is 0. The fourth-order valence-electron chi connectivity index (χ4n) is 5.27. The lowest BCUT2D eigenvalue weighted by atomic mass is 9.61. The Morgan fingerprint density at radius 3 is 1.82 bits per heavy atom. The molecule has 0 aliphatic heterocycles. The molecule has 5 aromatic rings. The summed E-state index contributed by atoms with van der Waals surface area (Å²) in [6.45, 7) is 8.00. The largest absolute Gasteiger partial charge is 0.0683 e. The third kappa shape index (κ3) is 3.94. The summed E-state index contributed by atoms with van der Waals surface area (Å²) in [4.78, 5) is 0. The highest BCUT2D eigenvalue weighted by Crippen LogP contribution is 2.50. The first-order chi connectivity index (χ1) is 16.9. The van der Waals surface area contributed by atoms with Gasteiger partial charge in [-0.2, -0.15) is 0 Å².